The third kappa shape index (κ3) is 4.48. The van der Waals surface area contributed by atoms with Gasteiger partial charge in [-0.2, -0.15) is 0 Å². The van der Waals surface area contributed by atoms with E-state index in [0.717, 1.165) is 17.0 Å². The standard InChI is InChI=1S/C22H20FNO2/c1-26-20-13-7-16(8-14-20)21(24-19-11-9-18(23)10-12-19)15-22(25)17-5-3-2-4-6-17/h2-14,21,24H,15H2,1H3/t21-/m1/s1. The number of ketones is 1. The molecule has 132 valence electrons. The third-order valence-corrected chi connectivity index (χ3v) is 4.19. The van der Waals surface area contributed by atoms with E-state index in [1.807, 2.05) is 54.6 Å². The molecule has 26 heavy (non-hydrogen) atoms. The maximum atomic E-state index is 13.2. The summed E-state index contributed by atoms with van der Waals surface area (Å²) in [7, 11) is 1.61. The summed E-state index contributed by atoms with van der Waals surface area (Å²) in [6.07, 6.45) is 0.285. The van der Waals surface area contributed by atoms with Crippen molar-refractivity contribution in [3.63, 3.8) is 0 Å². The first kappa shape index (κ1) is 17.7. The summed E-state index contributed by atoms with van der Waals surface area (Å²) < 4.78 is 18.4. The number of methoxy groups -OCH3 is 1. The average Bonchev–Trinajstić information content (AvgIpc) is 2.70. The minimum absolute atomic E-state index is 0.0426. The second kappa shape index (κ2) is 8.30. The first-order valence-electron chi connectivity index (χ1n) is 8.40. The van der Waals surface area contributed by atoms with Gasteiger partial charge in [0, 0.05) is 17.7 Å². The molecular formula is C22H20FNO2. The summed E-state index contributed by atoms with van der Waals surface area (Å²) >= 11 is 0. The van der Waals surface area contributed by atoms with Crippen LogP contribution in [0.1, 0.15) is 28.4 Å². The molecule has 0 aromatic heterocycles. The Hall–Kier alpha value is -3.14. The van der Waals surface area contributed by atoms with E-state index < -0.39 is 0 Å². The maximum Gasteiger partial charge on any atom is 0.165 e. The van der Waals surface area contributed by atoms with Crippen molar-refractivity contribution in [2.75, 3.05) is 12.4 Å². The molecule has 0 aliphatic rings. The van der Waals surface area contributed by atoms with E-state index in [0.29, 0.717) is 5.56 Å². The fourth-order valence-corrected chi connectivity index (χ4v) is 2.76. The zero-order chi connectivity index (χ0) is 18.4. The molecule has 0 unspecified atom stereocenters. The number of rotatable bonds is 7. The van der Waals surface area contributed by atoms with Crippen molar-refractivity contribution >= 4 is 11.5 Å². The molecule has 0 radical (unpaired) electrons. The number of halogens is 1. The number of Topliss-reactive ketones (excluding diaryl/α,β-unsaturated/α-hetero) is 1. The minimum atomic E-state index is -0.295. The number of ether oxygens (including phenoxy) is 1. The molecule has 0 aliphatic carbocycles. The van der Waals surface area contributed by atoms with Gasteiger partial charge in [0.15, 0.2) is 5.78 Å². The van der Waals surface area contributed by atoms with Crippen molar-refractivity contribution in [3.05, 3.63) is 95.8 Å². The number of carbonyl (C=O) groups is 1. The van der Waals surface area contributed by atoms with Crippen LogP contribution in [0.5, 0.6) is 5.75 Å². The second-order valence-electron chi connectivity index (χ2n) is 5.97. The molecule has 1 N–H and O–H groups in total. The van der Waals surface area contributed by atoms with Crippen LogP contribution in [0.25, 0.3) is 0 Å². The fourth-order valence-electron chi connectivity index (χ4n) is 2.76. The molecule has 0 spiro atoms. The summed E-state index contributed by atoms with van der Waals surface area (Å²) in [5.74, 6) is 0.501. The van der Waals surface area contributed by atoms with Crippen LogP contribution in [0.3, 0.4) is 0 Å². The highest BCUT2D eigenvalue weighted by Gasteiger charge is 2.17. The van der Waals surface area contributed by atoms with Gasteiger partial charge in [-0.15, -0.1) is 0 Å². The van der Waals surface area contributed by atoms with E-state index in [-0.39, 0.29) is 24.1 Å². The number of carbonyl (C=O) groups excluding carboxylic acids is 1. The third-order valence-electron chi connectivity index (χ3n) is 4.19. The van der Waals surface area contributed by atoms with E-state index in [4.69, 9.17) is 4.74 Å². The first-order valence-corrected chi connectivity index (χ1v) is 8.40. The second-order valence-corrected chi connectivity index (χ2v) is 5.97. The molecule has 0 aliphatic heterocycles. The van der Waals surface area contributed by atoms with Gasteiger partial charge in [-0.05, 0) is 42.0 Å². The Morgan fingerprint density at radius 3 is 2.23 bits per heavy atom. The Kier molecular flexibility index (Phi) is 5.64. The predicted molar refractivity (Wildman–Crippen MR) is 101 cm³/mol. The summed E-state index contributed by atoms with van der Waals surface area (Å²) in [5.41, 5.74) is 2.39. The molecule has 4 heteroatoms. The first-order chi connectivity index (χ1) is 12.7. The van der Waals surface area contributed by atoms with Gasteiger partial charge < -0.3 is 10.1 Å². The van der Waals surface area contributed by atoms with Gasteiger partial charge in [0.05, 0.1) is 13.2 Å². The van der Waals surface area contributed by atoms with E-state index in [9.17, 15) is 9.18 Å². The molecule has 0 amide bonds. The highest BCUT2D eigenvalue weighted by Crippen LogP contribution is 2.26. The van der Waals surface area contributed by atoms with Crippen LogP contribution in [-0.4, -0.2) is 12.9 Å². The van der Waals surface area contributed by atoms with Gasteiger partial charge in [0.1, 0.15) is 11.6 Å². The van der Waals surface area contributed by atoms with Gasteiger partial charge in [0.25, 0.3) is 0 Å². The molecule has 3 nitrogen and oxygen atoms in total. The SMILES string of the molecule is COc1ccc([C@@H](CC(=O)c2ccccc2)Nc2ccc(F)cc2)cc1. The summed E-state index contributed by atoms with van der Waals surface area (Å²) in [4.78, 5) is 12.7. The van der Waals surface area contributed by atoms with Crippen LogP contribution in [0.2, 0.25) is 0 Å². The lowest BCUT2D eigenvalue weighted by Gasteiger charge is -2.20. The van der Waals surface area contributed by atoms with Gasteiger partial charge >= 0.3 is 0 Å². The highest BCUT2D eigenvalue weighted by molar-refractivity contribution is 5.96. The van der Waals surface area contributed by atoms with Crippen molar-refractivity contribution in [2.45, 2.75) is 12.5 Å². The molecule has 1 atom stereocenters. The Labute approximate surface area is 152 Å². The van der Waals surface area contributed by atoms with E-state index in [1.165, 1.54) is 12.1 Å². The summed E-state index contributed by atoms with van der Waals surface area (Å²) in [6.45, 7) is 0. The molecule has 0 heterocycles. The Balaban J connectivity index is 1.84. The number of nitrogens with one attached hydrogen (secondary N) is 1. The summed E-state index contributed by atoms with van der Waals surface area (Å²) in [5, 5.41) is 3.33. The van der Waals surface area contributed by atoms with Crippen LogP contribution in [0, 0.1) is 5.82 Å². The maximum absolute atomic E-state index is 13.2. The number of hydrogen-bond donors (Lipinski definition) is 1. The Morgan fingerprint density at radius 2 is 1.62 bits per heavy atom. The molecular weight excluding hydrogens is 329 g/mol. The lowest BCUT2D eigenvalue weighted by Crippen LogP contribution is -2.16. The monoisotopic (exact) mass is 349 g/mol. The number of hydrogen-bond acceptors (Lipinski definition) is 3. The van der Waals surface area contributed by atoms with Crippen LogP contribution in [-0.2, 0) is 0 Å². The number of benzene rings is 3. The molecule has 0 fully saturated rings. The van der Waals surface area contributed by atoms with Gasteiger partial charge in [-0.3, -0.25) is 4.79 Å². The van der Waals surface area contributed by atoms with Gasteiger partial charge in [-0.25, -0.2) is 4.39 Å². The van der Waals surface area contributed by atoms with Crippen molar-refractivity contribution in [1.82, 2.24) is 0 Å². The fraction of sp³-hybridized carbons (Fsp3) is 0.136. The van der Waals surface area contributed by atoms with E-state index in [2.05, 4.69) is 5.32 Å². The molecule has 0 bridgehead atoms. The zero-order valence-electron chi connectivity index (χ0n) is 14.5. The smallest absolute Gasteiger partial charge is 0.165 e. The lowest BCUT2D eigenvalue weighted by atomic mass is 9.97. The molecule has 0 saturated carbocycles. The van der Waals surface area contributed by atoms with Crippen LogP contribution < -0.4 is 10.1 Å². The quantitative estimate of drug-likeness (QED) is 0.591. The topological polar surface area (TPSA) is 38.3 Å². The van der Waals surface area contributed by atoms with Crippen molar-refractivity contribution in [2.24, 2.45) is 0 Å². The van der Waals surface area contributed by atoms with Gasteiger partial charge in [0.2, 0.25) is 0 Å². The van der Waals surface area contributed by atoms with Crippen LogP contribution in [0.15, 0.2) is 78.9 Å². The lowest BCUT2D eigenvalue weighted by molar-refractivity contribution is 0.0976. The van der Waals surface area contributed by atoms with E-state index in [1.54, 1.807) is 19.2 Å². The predicted octanol–water partition coefficient (Wildman–Crippen LogP) is 5.26. The van der Waals surface area contributed by atoms with Crippen LogP contribution in [0.4, 0.5) is 10.1 Å². The van der Waals surface area contributed by atoms with Gasteiger partial charge in [-0.1, -0.05) is 42.5 Å². The Bertz CT molecular complexity index is 846. The largest absolute Gasteiger partial charge is 0.497 e. The highest BCUT2D eigenvalue weighted by atomic mass is 19.1. The summed E-state index contributed by atoms with van der Waals surface area (Å²) in [6, 6.07) is 22.7. The average molecular weight is 349 g/mol. The van der Waals surface area contributed by atoms with Crippen molar-refractivity contribution in [3.8, 4) is 5.75 Å². The van der Waals surface area contributed by atoms with E-state index >= 15 is 0 Å². The zero-order valence-corrected chi connectivity index (χ0v) is 14.5. The molecule has 3 aromatic rings. The van der Waals surface area contributed by atoms with Crippen LogP contribution >= 0.6 is 0 Å². The van der Waals surface area contributed by atoms with Crippen molar-refractivity contribution in [1.29, 1.82) is 0 Å². The normalized spacial score (nSPS) is 11.6. The van der Waals surface area contributed by atoms with Crippen molar-refractivity contribution < 1.29 is 13.9 Å². The number of anilines is 1. The molecule has 3 rings (SSSR count). The molecule has 0 saturated heterocycles. The Morgan fingerprint density at radius 1 is 0.962 bits per heavy atom. The molecule has 3 aromatic carbocycles. The minimum Gasteiger partial charge on any atom is -0.497 e.